The maximum absolute atomic E-state index is 2.47. The fourth-order valence-corrected chi connectivity index (χ4v) is 9.73. The second-order valence-corrected chi connectivity index (χ2v) is 16.6. The third-order valence-corrected chi connectivity index (χ3v) is 12.8. The highest BCUT2D eigenvalue weighted by molar-refractivity contribution is 5.91. The van der Waals surface area contributed by atoms with E-state index in [1.165, 1.54) is 83.5 Å². The smallest absolute Gasteiger partial charge is 0.0714 e. The van der Waals surface area contributed by atoms with Crippen molar-refractivity contribution in [3.05, 3.63) is 283 Å². The van der Waals surface area contributed by atoms with Crippen LogP contribution < -0.4 is 4.90 Å². The molecule has 1 atom stereocenters. The van der Waals surface area contributed by atoms with E-state index in [1.54, 1.807) is 0 Å². The number of benzene rings is 10. The molecule has 10 aromatic carbocycles. The molecule has 298 valence electrons. The van der Waals surface area contributed by atoms with E-state index in [4.69, 9.17) is 0 Å². The Morgan fingerprint density at radius 1 is 0.270 bits per heavy atom. The quantitative estimate of drug-likeness (QED) is 0.140. The average molecular weight is 804 g/mol. The van der Waals surface area contributed by atoms with Gasteiger partial charge in [-0.2, -0.15) is 0 Å². The van der Waals surface area contributed by atoms with Gasteiger partial charge < -0.3 is 4.90 Å². The van der Waals surface area contributed by atoms with Crippen molar-refractivity contribution in [1.29, 1.82) is 0 Å². The zero-order valence-corrected chi connectivity index (χ0v) is 35.2. The van der Waals surface area contributed by atoms with Crippen molar-refractivity contribution in [2.45, 2.75) is 12.3 Å². The number of hydrogen-bond acceptors (Lipinski definition) is 1. The van der Waals surface area contributed by atoms with Gasteiger partial charge in [0, 0.05) is 17.1 Å². The largest absolute Gasteiger partial charge is 0.310 e. The van der Waals surface area contributed by atoms with E-state index in [0.717, 1.165) is 17.1 Å². The van der Waals surface area contributed by atoms with Gasteiger partial charge in [-0.15, -0.1) is 0 Å². The van der Waals surface area contributed by atoms with Gasteiger partial charge in [-0.05, 0) is 127 Å². The lowest BCUT2D eigenvalue weighted by Crippen LogP contribution is -2.29. The fraction of sp³-hybridized carbons (Fsp3) is 0.0323. The number of anilines is 3. The summed E-state index contributed by atoms with van der Waals surface area (Å²) in [4.78, 5) is 2.43. The molecule has 0 aliphatic heterocycles. The van der Waals surface area contributed by atoms with Gasteiger partial charge in [0.05, 0.1) is 5.41 Å². The second kappa shape index (κ2) is 16.1. The minimum atomic E-state index is -0.593. The first-order chi connectivity index (χ1) is 31.1. The molecule has 1 nitrogen and oxygen atoms in total. The van der Waals surface area contributed by atoms with Gasteiger partial charge in [0.25, 0.3) is 0 Å². The molecule has 0 saturated carbocycles. The third kappa shape index (κ3) is 6.85. The minimum absolute atomic E-state index is 0.593. The monoisotopic (exact) mass is 803 g/mol. The predicted molar refractivity (Wildman–Crippen MR) is 265 cm³/mol. The van der Waals surface area contributed by atoms with E-state index in [9.17, 15) is 0 Å². The molecule has 0 N–H and O–H groups in total. The molecule has 1 heteroatoms. The molecule has 0 aromatic heterocycles. The van der Waals surface area contributed by atoms with Gasteiger partial charge in [-0.25, -0.2) is 0 Å². The molecule has 1 unspecified atom stereocenters. The van der Waals surface area contributed by atoms with Crippen LogP contribution in [-0.2, 0) is 5.41 Å². The summed E-state index contributed by atoms with van der Waals surface area (Å²) in [5, 5.41) is 0. The highest BCUT2D eigenvalue weighted by Crippen LogP contribution is 2.58. The summed E-state index contributed by atoms with van der Waals surface area (Å²) in [6.45, 7) is 2.18. The summed E-state index contributed by atoms with van der Waals surface area (Å²) in [6.07, 6.45) is 0. The summed E-state index contributed by atoms with van der Waals surface area (Å²) >= 11 is 0. The van der Waals surface area contributed by atoms with Crippen molar-refractivity contribution in [3.8, 4) is 55.6 Å². The van der Waals surface area contributed by atoms with Gasteiger partial charge in [-0.3, -0.25) is 0 Å². The Morgan fingerprint density at radius 2 is 0.651 bits per heavy atom. The van der Waals surface area contributed by atoms with Crippen LogP contribution in [0.2, 0.25) is 0 Å². The van der Waals surface area contributed by atoms with Gasteiger partial charge in [0.15, 0.2) is 0 Å². The maximum atomic E-state index is 2.47. The first kappa shape index (κ1) is 38.0. The summed E-state index contributed by atoms with van der Waals surface area (Å²) in [5.74, 6) is 0. The van der Waals surface area contributed by atoms with Crippen LogP contribution in [0.25, 0.3) is 55.6 Å². The molecule has 0 saturated heterocycles. The second-order valence-electron chi connectivity index (χ2n) is 16.6. The lowest BCUT2D eigenvalue weighted by Gasteiger charge is -2.35. The van der Waals surface area contributed by atoms with E-state index in [0.29, 0.717) is 0 Å². The normalized spacial score (nSPS) is 13.9. The Bertz CT molecular complexity index is 3170. The van der Waals surface area contributed by atoms with Crippen LogP contribution in [0.3, 0.4) is 0 Å². The minimum Gasteiger partial charge on any atom is -0.310 e. The average Bonchev–Trinajstić information content (AvgIpc) is 3.65. The standard InChI is InChI=1S/C62H45N/c1-44-25-34-54(35-26-44)62(53-22-12-5-13-23-53)60-42-52(50-29-27-48(28-30-50)45-15-6-2-7-16-45)33-39-58(60)59-40-38-57(43-61(59)62)63(55-36-31-49(32-37-55)46-17-8-3-9-18-46)56-24-14-21-51(41-56)47-19-10-4-11-20-47/h2-43H,1H3. The summed E-state index contributed by atoms with van der Waals surface area (Å²) in [7, 11) is 0. The van der Waals surface area contributed by atoms with E-state index < -0.39 is 5.41 Å². The lowest BCUT2D eigenvalue weighted by molar-refractivity contribution is 0.768. The summed E-state index contributed by atoms with van der Waals surface area (Å²) < 4.78 is 0. The Labute approximate surface area is 370 Å². The molecule has 0 heterocycles. The van der Waals surface area contributed by atoms with Gasteiger partial charge in [0.1, 0.15) is 0 Å². The Balaban J connectivity index is 1.12. The molecule has 0 amide bonds. The van der Waals surface area contributed by atoms with Crippen LogP contribution in [0.5, 0.6) is 0 Å². The van der Waals surface area contributed by atoms with Crippen molar-refractivity contribution in [1.82, 2.24) is 0 Å². The number of rotatable bonds is 9. The van der Waals surface area contributed by atoms with E-state index in [-0.39, 0.29) is 0 Å². The topological polar surface area (TPSA) is 3.24 Å². The Morgan fingerprint density at radius 3 is 1.24 bits per heavy atom. The predicted octanol–water partition coefficient (Wildman–Crippen LogP) is 16.5. The fourth-order valence-electron chi connectivity index (χ4n) is 9.73. The molecule has 0 spiro atoms. The first-order valence-corrected chi connectivity index (χ1v) is 21.8. The van der Waals surface area contributed by atoms with Crippen molar-refractivity contribution < 1.29 is 0 Å². The summed E-state index contributed by atoms with van der Waals surface area (Å²) in [6, 6.07) is 93.5. The highest BCUT2D eigenvalue weighted by Gasteiger charge is 2.46. The third-order valence-electron chi connectivity index (χ3n) is 12.8. The van der Waals surface area contributed by atoms with Crippen LogP contribution in [0.1, 0.15) is 27.8 Å². The highest BCUT2D eigenvalue weighted by atomic mass is 15.1. The zero-order valence-electron chi connectivity index (χ0n) is 35.2. The molecule has 11 rings (SSSR count). The molecule has 63 heavy (non-hydrogen) atoms. The van der Waals surface area contributed by atoms with Crippen LogP contribution in [-0.4, -0.2) is 0 Å². The molecule has 1 aliphatic carbocycles. The van der Waals surface area contributed by atoms with Crippen LogP contribution in [0, 0.1) is 6.92 Å². The molecular weight excluding hydrogens is 759 g/mol. The van der Waals surface area contributed by atoms with E-state index in [2.05, 4.69) is 267 Å². The van der Waals surface area contributed by atoms with Crippen molar-refractivity contribution in [2.24, 2.45) is 0 Å². The molecule has 10 aromatic rings. The maximum Gasteiger partial charge on any atom is 0.0714 e. The Kier molecular flexibility index (Phi) is 9.71. The van der Waals surface area contributed by atoms with Gasteiger partial charge in [-0.1, -0.05) is 218 Å². The number of fused-ring (bicyclic) bond motifs is 3. The zero-order chi connectivity index (χ0) is 42.2. The number of aryl methyl sites for hydroxylation is 1. The molecule has 0 radical (unpaired) electrons. The van der Waals surface area contributed by atoms with Crippen molar-refractivity contribution in [2.75, 3.05) is 4.90 Å². The van der Waals surface area contributed by atoms with E-state index in [1.807, 2.05) is 0 Å². The molecule has 0 bridgehead atoms. The van der Waals surface area contributed by atoms with Crippen LogP contribution in [0.15, 0.2) is 255 Å². The number of nitrogens with zero attached hydrogens (tertiary/aromatic N) is 1. The Hall–Kier alpha value is -8.00. The lowest BCUT2D eigenvalue weighted by atomic mass is 9.67. The first-order valence-electron chi connectivity index (χ1n) is 21.8. The summed E-state index contributed by atoms with van der Waals surface area (Å²) in [5.41, 5.74) is 21.1. The molecule has 0 fully saturated rings. The van der Waals surface area contributed by atoms with Crippen LogP contribution in [0.4, 0.5) is 17.1 Å². The molecular formula is C62H45N. The van der Waals surface area contributed by atoms with E-state index >= 15 is 0 Å². The van der Waals surface area contributed by atoms with Gasteiger partial charge in [0.2, 0.25) is 0 Å². The van der Waals surface area contributed by atoms with Crippen LogP contribution >= 0.6 is 0 Å². The van der Waals surface area contributed by atoms with Gasteiger partial charge >= 0.3 is 0 Å². The SMILES string of the molecule is Cc1ccc(C2(c3ccccc3)c3cc(-c4ccc(-c5ccccc5)cc4)ccc3-c3ccc(N(c4ccc(-c5ccccc5)cc4)c4cccc(-c5ccccc5)c4)cc32)cc1. The molecule has 1 aliphatic rings. The van der Waals surface area contributed by atoms with Crippen molar-refractivity contribution in [3.63, 3.8) is 0 Å². The van der Waals surface area contributed by atoms with Crippen molar-refractivity contribution >= 4 is 17.1 Å². The number of hydrogen-bond donors (Lipinski definition) is 0.